The maximum atomic E-state index is 11.2. The molecule has 2 aromatic rings. The second-order valence-electron chi connectivity index (χ2n) is 7.14. The lowest BCUT2D eigenvalue weighted by Gasteiger charge is -2.19. The molecule has 1 fully saturated rings. The van der Waals surface area contributed by atoms with Crippen LogP contribution in [-0.4, -0.2) is 36.1 Å². The Labute approximate surface area is 165 Å². The Kier molecular flexibility index (Phi) is 6.18. The van der Waals surface area contributed by atoms with Crippen LogP contribution < -0.4 is 26.4 Å². The molecule has 1 unspecified atom stereocenters. The van der Waals surface area contributed by atoms with Crippen LogP contribution in [-0.2, 0) is 11.2 Å². The number of amides is 1. The highest BCUT2D eigenvalue weighted by molar-refractivity contribution is 5.74. The molecule has 0 saturated carbocycles. The third-order valence-corrected chi connectivity index (χ3v) is 4.86. The summed E-state index contributed by atoms with van der Waals surface area (Å²) in [5.41, 5.74) is 13.7. The molecule has 1 atom stereocenters. The summed E-state index contributed by atoms with van der Waals surface area (Å²) in [7, 11) is 1.59. The van der Waals surface area contributed by atoms with Crippen LogP contribution in [0.4, 0.5) is 23.1 Å². The molecule has 1 aliphatic rings. The molecule has 8 heteroatoms. The summed E-state index contributed by atoms with van der Waals surface area (Å²) in [5, 5.41) is 3.24. The molecular formula is C20H28N6O2. The first-order valence-electron chi connectivity index (χ1n) is 9.60. The number of hydrogen-bond acceptors (Lipinski definition) is 7. The average molecular weight is 384 g/mol. The zero-order valence-corrected chi connectivity index (χ0v) is 16.4. The Hall–Kier alpha value is -3.03. The Balaban J connectivity index is 1.81. The summed E-state index contributed by atoms with van der Waals surface area (Å²) < 4.78 is 5.20. The Bertz CT molecular complexity index is 841. The fraction of sp³-hybridized carbons (Fsp3) is 0.450. The van der Waals surface area contributed by atoms with E-state index in [0.717, 1.165) is 49.6 Å². The number of anilines is 4. The highest BCUT2D eigenvalue weighted by Gasteiger charge is 2.25. The first-order chi connectivity index (χ1) is 13.5. The van der Waals surface area contributed by atoms with Crippen molar-refractivity contribution < 1.29 is 9.53 Å². The summed E-state index contributed by atoms with van der Waals surface area (Å²) in [6.07, 6.45) is 3.22. The van der Waals surface area contributed by atoms with Gasteiger partial charge in [0.05, 0.1) is 12.8 Å². The van der Waals surface area contributed by atoms with Gasteiger partial charge in [0, 0.05) is 37.0 Å². The lowest BCUT2D eigenvalue weighted by Crippen LogP contribution is -2.23. The van der Waals surface area contributed by atoms with Gasteiger partial charge in [0.15, 0.2) is 0 Å². The minimum atomic E-state index is -0.249. The zero-order valence-electron chi connectivity index (χ0n) is 16.4. The van der Waals surface area contributed by atoms with E-state index < -0.39 is 0 Å². The van der Waals surface area contributed by atoms with Gasteiger partial charge in [-0.05, 0) is 37.0 Å². The van der Waals surface area contributed by atoms with Gasteiger partial charge >= 0.3 is 0 Å². The number of methoxy groups -OCH3 is 1. The molecule has 2 heterocycles. The fourth-order valence-electron chi connectivity index (χ4n) is 3.52. The van der Waals surface area contributed by atoms with E-state index in [1.165, 1.54) is 0 Å². The molecular weight excluding hydrogens is 356 g/mol. The minimum Gasteiger partial charge on any atom is -0.495 e. The Morgan fingerprint density at radius 1 is 1.36 bits per heavy atom. The molecule has 1 aliphatic heterocycles. The van der Waals surface area contributed by atoms with Crippen LogP contribution in [0, 0.1) is 5.92 Å². The summed E-state index contributed by atoms with van der Waals surface area (Å²) >= 11 is 0. The summed E-state index contributed by atoms with van der Waals surface area (Å²) in [6, 6.07) is 7.52. The smallest absolute Gasteiger partial charge is 0.229 e. The van der Waals surface area contributed by atoms with Gasteiger partial charge in [-0.1, -0.05) is 13.3 Å². The monoisotopic (exact) mass is 384 g/mol. The van der Waals surface area contributed by atoms with Crippen LogP contribution in [0.3, 0.4) is 0 Å². The number of aryl methyl sites for hydroxylation is 1. The highest BCUT2D eigenvalue weighted by atomic mass is 16.5. The normalized spacial score (nSPS) is 16.2. The number of primary amides is 1. The second-order valence-corrected chi connectivity index (χ2v) is 7.14. The van der Waals surface area contributed by atoms with Crippen LogP contribution in [0.25, 0.3) is 0 Å². The van der Waals surface area contributed by atoms with Gasteiger partial charge < -0.3 is 26.4 Å². The maximum absolute atomic E-state index is 11.2. The number of aromatic nitrogens is 2. The standard InChI is InChI=1S/C20H28N6O2/c1-3-4-14-11-19(26-8-7-13(12-26)9-18(22)27)25-20(23-14)24-15-5-6-17(28-2)16(21)10-15/h5-6,10-11,13H,3-4,7-9,12,21H2,1-2H3,(H2,22,27)(H,23,24,25). The van der Waals surface area contributed by atoms with Crippen molar-refractivity contribution in [2.75, 3.05) is 36.1 Å². The van der Waals surface area contributed by atoms with E-state index in [9.17, 15) is 4.79 Å². The van der Waals surface area contributed by atoms with Crippen LogP contribution in [0.15, 0.2) is 24.3 Å². The summed E-state index contributed by atoms with van der Waals surface area (Å²) in [6.45, 7) is 3.76. The molecule has 0 spiro atoms. The first-order valence-corrected chi connectivity index (χ1v) is 9.60. The maximum Gasteiger partial charge on any atom is 0.229 e. The number of nitrogens with zero attached hydrogens (tertiary/aromatic N) is 3. The summed E-state index contributed by atoms with van der Waals surface area (Å²) in [5.74, 6) is 2.06. The van der Waals surface area contributed by atoms with Gasteiger partial charge in [0.2, 0.25) is 11.9 Å². The van der Waals surface area contributed by atoms with Crippen LogP contribution >= 0.6 is 0 Å². The van der Waals surface area contributed by atoms with Gasteiger partial charge in [-0.2, -0.15) is 4.98 Å². The highest BCUT2D eigenvalue weighted by Crippen LogP contribution is 2.28. The molecule has 1 aromatic carbocycles. The zero-order chi connectivity index (χ0) is 20.1. The predicted molar refractivity (Wildman–Crippen MR) is 111 cm³/mol. The van der Waals surface area contributed by atoms with Crippen molar-refractivity contribution in [2.24, 2.45) is 11.7 Å². The summed E-state index contributed by atoms with van der Waals surface area (Å²) in [4.78, 5) is 22.7. The van der Waals surface area contributed by atoms with Crippen molar-refractivity contribution in [2.45, 2.75) is 32.6 Å². The lowest BCUT2D eigenvalue weighted by atomic mass is 10.1. The van der Waals surface area contributed by atoms with Crippen molar-refractivity contribution in [1.82, 2.24) is 9.97 Å². The molecule has 3 rings (SSSR count). The van der Waals surface area contributed by atoms with Crippen molar-refractivity contribution in [3.8, 4) is 5.75 Å². The van der Waals surface area contributed by atoms with Crippen LogP contribution in [0.5, 0.6) is 5.75 Å². The fourth-order valence-corrected chi connectivity index (χ4v) is 3.52. The molecule has 1 saturated heterocycles. The lowest BCUT2D eigenvalue weighted by molar-refractivity contribution is -0.118. The second kappa shape index (κ2) is 8.77. The SMILES string of the molecule is CCCc1cc(N2CCC(CC(N)=O)C2)nc(Nc2ccc(OC)c(N)c2)n1. The number of rotatable bonds is 8. The molecule has 1 amide bonds. The van der Waals surface area contributed by atoms with Crippen molar-refractivity contribution in [1.29, 1.82) is 0 Å². The molecule has 5 N–H and O–H groups in total. The quantitative estimate of drug-likeness (QED) is 0.598. The molecule has 0 bridgehead atoms. The van der Waals surface area contributed by atoms with Gasteiger partial charge in [-0.3, -0.25) is 4.79 Å². The Morgan fingerprint density at radius 3 is 2.86 bits per heavy atom. The number of carbonyl (C=O) groups is 1. The third-order valence-electron chi connectivity index (χ3n) is 4.86. The number of ether oxygens (including phenoxy) is 1. The minimum absolute atomic E-state index is 0.249. The van der Waals surface area contributed by atoms with E-state index in [2.05, 4.69) is 22.1 Å². The number of nitrogens with two attached hydrogens (primary N) is 2. The van der Waals surface area contributed by atoms with E-state index in [0.29, 0.717) is 23.8 Å². The van der Waals surface area contributed by atoms with E-state index in [1.807, 2.05) is 18.2 Å². The average Bonchev–Trinajstić information content (AvgIpc) is 3.10. The van der Waals surface area contributed by atoms with Crippen molar-refractivity contribution >= 4 is 29.0 Å². The van der Waals surface area contributed by atoms with E-state index >= 15 is 0 Å². The molecule has 0 aliphatic carbocycles. The Morgan fingerprint density at radius 2 is 2.18 bits per heavy atom. The molecule has 1 aromatic heterocycles. The van der Waals surface area contributed by atoms with Gasteiger partial charge in [0.1, 0.15) is 11.6 Å². The number of nitrogens with one attached hydrogen (secondary N) is 1. The predicted octanol–water partition coefficient (Wildman–Crippen LogP) is 2.47. The number of carbonyl (C=O) groups excluding carboxylic acids is 1. The topological polar surface area (TPSA) is 119 Å². The van der Waals surface area contributed by atoms with Gasteiger partial charge in [-0.25, -0.2) is 4.98 Å². The number of hydrogen-bond donors (Lipinski definition) is 3. The van der Waals surface area contributed by atoms with Gasteiger partial charge in [-0.15, -0.1) is 0 Å². The number of nitrogen functional groups attached to an aromatic ring is 1. The van der Waals surface area contributed by atoms with E-state index in [-0.39, 0.29) is 11.8 Å². The largest absolute Gasteiger partial charge is 0.495 e. The first kappa shape index (κ1) is 19.7. The third kappa shape index (κ3) is 4.82. The van der Waals surface area contributed by atoms with E-state index in [1.54, 1.807) is 13.2 Å². The van der Waals surface area contributed by atoms with Crippen molar-refractivity contribution in [3.63, 3.8) is 0 Å². The van der Waals surface area contributed by atoms with Crippen LogP contribution in [0.2, 0.25) is 0 Å². The molecule has 8 nitrogen and oxygen atoms in total. The van der Waals surface area contributed by atoms with Gasteiger partial charge in [0.25, 0.3) is 0 Å². The molecule has 0 radical (unpaired) electrons. The van der Waals surface area contributed by atoms with E-state index in [4.69, 9.17) is 21.2 Å². The number of benzene rings is 1. The van der Waals surface area contributed by atoms with Crippen molar-refractivity contribution in [3.05, 3.63) is 30.0 Å². The molecule has 150 valence electrons. The van der Waals surface area contributed by atoms with Crippen LogP contribution in [0.1, 0.15) is 31.9 Å². The molecule has 28 heavy (non-hydrogen) atoms.